The van der Waals surface area contributed by atoms with Crippen LogP contribution in [-0.2, 0) is 14.3 Å². The van der Waals surface area contributed by atoms with E-state index in [1.807, 2.05) is 6.92 Å². The molecule has 2 saturated carbocycles. The summed E-state index contributed by atoms with van der Waals surface area (Å²) < 4.78 is 11.6. The van der Waals surface area contributed by atoms with E-state index in [1.54, 1.807) is 0 Å². The van der Waals surface area contributed by atoms with Gasteiger partial charge in [-0.2, -0.15) is 0 Å². The van der Waals surface area contributed by atoms with Gasteiger partial charge in [-0.25, -0.2) is 0 Å². The molecule has 4 heteroatoms. The third-order valence-electron chi connectivity index (χ3n) is 3.98. The molecule has 1 heterocycles. The Morgan fingerprint density at radius 3 is 3.07 bits per heavy atom. The summed E-state index contributed by atoms with van der Waals surface area (Å²) in [6, 6.07) is 0. The van der Waals surface area contributed by atoms with Crippen LogP contribution in [0.3, 0.4) is 0 Å². The molecule has 2 aliphatic carbocycles. The van der Waals surface area contributed by atoms with E-state index in [-0.39, 0.29) is 23.2 Å². The highest BCUT2D eigenvalue weighted by molar-refractivity contribution is 6.21. The van der Waals surface area contributed by atoms with Crippen molar-refractivity contribution in [3.63, 3.8) is 0 Å². The molecule has 0 unspecified atom stereocenters. The Balaban J connectivity index is 1.99. The third-order valence-corrected chi connectivity index (χ3v) is 4.46. The van der Waals surface area contributed by atoms with E-state index < -0.39 is 5.79 Å². The topological polar surface area (TPSA) is 35.5 Å². The second-order valence-electron chi connectivity index (χ2n) is 4.73. The molecule has 5 atom stereocenters. The minimum absolute atomic E-state index is 0.118. The number of hydrogen-bond donors (Lipinski definition) is 0. The highest BCUT2D eigenvalue weighted by Crippen LogP contribution is 2.55. The molecule has 1 aliphatic heterocycles. The molecule has 3 fully saturated rings. The molecular weight excluding hydrogens is 216 g/mol. The zero-order valence-corrected chi connectivity index (χ0v) is 9.50. The lowest BCUT2D eigenvalue weighted by atomic mass is 9.70. The van der Waals surface area contributed by atoms with E-state index in [2.05, 4.69) is 0 Å². The molecular formula is C11H15ClO3. The van der Waals surface area contributed by atoms with Crippen molar-refractivity contribution in [1.82, 2.24) is 0 Å². The molecule has 0 aromatic carbocycles. The SMILES string of the molecule is CCO[C@]12O[C@@H]3C[C@@H]1C[C@H](C[C@H]2Cl)C3=O. The Hall–Kier alpha value is -0.120. The van der Waals surface area contributed by atoms with Crippen LogP contribution in [0.15, 0.2) is 0 Å². The van der Waals surface area contributed by atoms with Gasteiger partial charge in [0, 0.05) is 18.4 Å². The summed E-state index contributed by atoms with van der Waals surface area (Å²) in [6.07, 6.45) is 2.17. The number of rotatable bonds is 2. The fourth-order valence-corrected chi connectivity index (χ4v) is 3.88. The van der Waals surface area contributed by atoms with Crippen molar-refractivity contribution in [1.29, 1.82) is 0 Å². The van der Waals surface area contributed by atoms with Gasteiger partial charge >= 0.3 is 0 Å². The predicted molar refractivity (Wildman–Crippen MR) is 54.7 cm³/mol. The van der Waals surface area contributed by atoms with Gasteiger partial charge in [-0.15, -0.1) is 11.6 Å². The highest BCUT2D eigenvalue weighted by Gasteiger charge is 2.64. The monoisotopic (exact) mass is 230 g/mol. The summed E-state index contributed by atoms with van der Waals surface area (Å²) in [5.41, 5.74) is 0. The van der Waals surface area contributed by atoms with Crippen LogP contribution in [0, 0.1) is 11.8 Å². The van der Waals surface area contributed by atoms with Crippen LogP contribution >= 0.6 is 11.6 Å². The first-order valence-corrected chi connectivity index (χ1v) is 6.10. The molecule has 0 aromatic rings. The Morgan fingerprint density at radius 2 is 2.33 bits per heavy atom. The number of ketones is 1. The number of ether oxygens (including phenoxy) is 2. The van der Waals surface area contributed by atoms with E-state index in [9.17, 15) is 4.79 Å². The normalized spacial score (nSPS) is 52.5. The molecule has 0 amide bonds. The zero-order valence-electron chi connectivity index (χ0n) is 8.74. The quantitative estimate of drug-likeness (QED) is 0.678. The van der Waals surface area contributed by atoms with Crippen molar-refractivity contribution < 1.29 is 14.3 Å². The number of alkyl halides is 1. The van der Waals surface area contributed by atoms with Gasteiger partial charge in [0.2, 0.25) is 0 Å². The summed E-state index contributed by atoms with van der Waals surface area (Å²) in [7, 11) is 0. The van der Waals surface area contributed by atoms with Gasteiger partial charge in [-0.05, 0) is 26.2 Å². The van der Waals surface area contributed by atoms with Gasteiger partial charge in [0.1, 0.15) is 6.10 Å². The Morgan fingerprint density at radius 1 is 1.53 bits per heavy atom. The molecule has 15 heavy (non-hydrogen) atoms. The molecule has 0 aromatic heterocycles. The first-order valence-electron chi connectivity index (χ1n) is 5.67. The minimum atomic E-state index is -0.663. The van der Waals surface area contributed by atoms with Gasteiger partial charge in [0.25, 0.3) is 0 Å². The largest absolute Gasteiger partial charge is 0.348 e. The number of fused-ring (bicyclic) bond motifs is 2. The molecule has 0 N–H and O–H groups in total. The van der Waals surface area contributed by atoms with Crippen molar-refractivity contribution in [2.24, 2.45) is 11.8 Å². The van der Waals surface area contributed by atoms with Gasteiger partial charge in [-0.1, -0.05) is 0 Å². The van der Waals surface area contributed by atoms with E-state index in [0.29, 0.717) is 18.9 Å². The van der Waals surface area contributed by atoms with Crippen molar-refractivity contribution in [2.45, 2.75) is 43.5 Å². The highest BCUT2D eigenvalue weighted by atomic mass is 35.5. The first-order chi connectivity index (χ1) is 7.17. The Kier molecular flexibility index (Phi) is 2.14. The van der Waals surface area contributed by atoms with E-state index in [4.69, 9.17) is 21.1 Å². The van der Waals surface area contributed by atoms with Crippen LogP contribution in [0.5, 0.6) is 0 Å². The lowest BCUT2D eigenvalue weighted by molar-refractivity contribution is -0.241. The number of hydrogen-bond acceptors (Lipinski definition) is 3. The number of carbonyl (C=O) groups is 1. The van der Waals surface area contributed by atoms with Crippen LogP contribution in [0.1, 0.15) is 26.2 Å². The summed E-state index contributed by atoms with van der Waals surface area (Å²) in [5, 5.41) is -0.169. The number of halogens is 1. The third kappa shape index (κ3) is 1.17. The van der Waals surface area contributed by atoms with Crippen LogP contribution < -0.4 is 0 Å². The molecule has 3 rings (SSSR count). The molecule has 3 bridgehead atoms. The number of Topliss-reactive ketones (excluding diaryl/α,β-unsaturated/α-hetero) is 1. The molecule has 1 saturated heterocycles. The van der Waals surface area contributed by atoms with Gasteiger partial charge in [0.05, 0.1) is 5.38 Å². The van der Waals surface area contributed by atoms with Crippen molar-refractivity contribution in [3.05, 3.63) is 0 Å². The summed E-state index contributed by atoms with van der Waals surface area (Å²) in [4.78, 5) is 11.9. The van der Waals surface area contributed by atoms with Crippen LogP contribution in [0.4, 0.5) is 0 Å². The molecule has 3 aliphatic rings. The second kappa shape index (κ2) is 3.19. The maximum Gasteiger partial charge on any atom is 0.188 e. The fourth-order valence-electron chi connectivity index (χ4n) is 3.37. The second-order valence-corrected chi connectivity index (χ2v) is 5.26. The van der Waals surface area contributed by atoms with E-state index in [1.165, 1.54) is 0 Å². The molecule has 0 spiro atoms. The minimum Gasteiger partial charge on any atom is -0.348 e. The van der Waals surface area contributed by atoms with Crippen LogP contribution in [0.25, 0.3) is 0 Å². The lowest BCUT2D eigenvalue weighted by Crippen LogP contribution is -2.51. The standard InChI is InChI=1S/C11H15ClO3/c1-2-14-11-7-3-6(4-9(11)12)10(13)8(5-7)15-11/h6-9H,2-5H2,1H3/t6-,7+,8-,9-,11+/m1/s1. The first kappa shape index (κ1) is 10.1. The average molecular weight is 231 g/mol. The molecule has 3 nitrogen and oxygen atoms in total. The van der Waals surface area contributed by atoms with Crippen LogP contribution in [-0.4, -0.2) is 29.7 Å². The molecule has 0 radical (unpaired) electrons. The van der Waals surface area contributed by atoms with Crippen molar-refractivity contribution >= 4 is 17.4 Å². The van der Waals surface area contributed by atoms with Gasteiger partial charge in [0.15, 0.2) is 11.6 Å². The van der Waals surface area contributed by atoms with Crippen molar-refractivity contribution in [2.75, 3.05) is 6.61 Å². The summed E-state index contributed by atoms with van der Waals surface area (Å²) in [6.45, 7) is 2.53. The summed E-state index contributed by atoms with van der Waals surface area (Å²) in [5.74, 6) is 0.0219. The van der Waals surface area contributed by atoms with Crippen molar-refractivity contribution in [3.8, 4) is 0 Å². The molecule has 84 valence electrons. The lowest BCUT2D eigenvalue weighted by Gasteiger charge is -2.42. The Bertz CT molecular complexity index is 304. The maximum absolute atomic E-state index is 11.9. The average Bonchev–Trinajstić information content (AvgIpc) is 2.49. The fraction of sp³-hybridized carbons (Fsp3) is 0.909. The summed E-state index contributed by atoms with van der Waals surface area (Å²) >= 11 is 6.34. The van der Waals surface area contributed by atoms with E-state index in [0.717, 1.165) is 12.8 Å². The smallest absolute Gasteiger partial charge is 0.188 e. The van der Waals surface area contributed by atoms with E-state index >= 15 is 0 Å². The van der Waals surface area contributed by atoms with Crippen LogP contribution in [0.2, 0.25) is 0 Å². The van der Waals surface area contributed by atoms with Gasteiger partial charge < -0.3 is 9.47 Å². The Labute approximate surface area is 94.1 Å². The number of carbonyl (C=O) groups excluding carboxylic acids is 1. The zero-order chi connectivity index (χ0) is 10.6. The van der Waals surface area contributed by atoms with Gasteiger partial charge in [-0.3, -0.25) is 4.79 Å². The predicted octanol–water partition coefficient (Wildman–Crippen LogP) is 1.72. The maximum atomic E-state index is 11.9.